The van der Waals surface area contributed by atoms with E-state index in [2.05, 4.69) is 5.32 Å². The molecule has 0 aliphatic rings. The molecule has 0 saturated heterocycles. The SMILES string of the molecule is COc1cc(CC(=O)c2ccsc2)c(NC(=O)OC(C)(C)C)cc1Cl. The van der Waals surface area contributed by atoms with Gasteiger partial charge in [0.25, 0.3) is 0 Å². The van der Waals surface area contributed by atoms with Crippen molar-refractivity contribution in [3.63, 3.8) is 0 Å². The second-order valence-electron chi connectivity index (χ2n) is 6.38. The molecule has 0 aliphatic heterocycles. The van der Waals surface area contributed by atoms with E-state index in [1.54, 1.807) is 44.4 Å². The van der Waals surface area contributed by atoms with E-state index in [4.69, 9.17) is 21.1 Å². The molecule has 1 aromatic heterocycles. The third-order valence-corrected chi connectivity index (χ3v) is 4.19. The van der Waals surface area contributed by atoms with Gasteiger partial charge in [0.2, 0.25) is 0 Å². The molecule has 1 heterocycles. The molecular weight excluding hydrogens is 362 g/mol. The van der Waals surface area contributed by atoms with E-state index >= 15 is 0 Å². The molecule has 0 bridgehead atoms. The van der Waals surface area contributed by atoms with Crippen LogP contribution in [0.25, 0.3) is 0 Å². The zero-order chi connectivity index (χ0) is 18.6. The molecule has 0 spiro atoms. The third kappa shape index (κ3) is 5.47. The number of anilines is 1. The summed E-state index contributed by atoms with van der Waals surface area (Å²) < 4.78 is 10.5. The van der Waals surface area contributed by atoms with Crippen molar-refractivity contribution < 1.29 is 19.1 Å². The van der Waals surface area contributed by atoms with Crippen LogP contribution in [0.5, 0.6) is 5.75 Å². The van der Waals surface area contributed by atoms with Gasteiger partial charge in [0.1, 0.15) is 11.4 Å². The number of Topliss-reactive ketones (excluding diaryl/α,β-unsaturated/α-hetero) is 1. The van der Waals surface area contributed by atoms with E-state index in [9.17, 15) is 9.59 Å². The molecule has 2 aromatic rings. The molecule has 0 aliphatic carbocycles. The van der Waals surface area contributed by atoms with Crippen molar-refractivity contribution in [3.8, 4) is 5.75 Å². The smallest absolute Gasteiger partial charge is 0.412 e. The van der Waals surface area contributed by atoms with E-state index in [1.807, 2.05) is 5.38 Å². The van der Waals surface area contributed by atoms with Gasteiger partial charge in [0, 0.05) is 23.1 Å². The fourth-order valence-electron chi connectivity index (χ4n) is 2.13. The van der Waals surface area contributed by atoms with Gasteiger partial charge in [0.15, 0.2) is 5.78 Å². The molecule has 1 N–H and O–H groups in total. The minimum atomic E-state index is -0.632. The van der Waals surface area contributed by atoms with Crippen LogP contribution in [0.4, 0.5) is 10.5 Å². The Morgan fingerprint density at radius 2 is 2.00 bits per heavy atom. The van der Waals surface area contributed by atoms with E-state index < -0.39 is 11.7 Å². The quantitative estimate of drug-likeness (QED) is 0.724. The van der Waals surface area contributed by atoms with Gasteiger partial charge >= 0.3 is 6.09 Å². The number of rotatable bonds is 5. The number of nitrogens with one attached hydrogen (secondary N) is 1. The van der Waals surface area contributed by atoms with Gasteiger partial charge in [-0.1, -0.05) is 11.6 Å². The first-order valence-corrected chi connectivity index (χ1v) is 8.93. The normalized spacial score (nSPS) is 11.1. The summed E-state index contributed by atoms with van der Waals surface area (Å²) >= 11 is 7.61. The van der Waals surface area contributed by atoms with Gasteiger partial charge in [-0.2, -0.15) is 11.3 Å². The number of hydrogen-bond acceptors (Lipinski definition) is 5. The first-order valence-electron chi connectivity index (χ1n) is 7.61. The van der Waals surface area contributed by atoms with Crippen molar-refractivity contribution in [2.45, 2.75) is 32.8 Å². The van der Waals surface area contributed by atoms with Crippen LogP contribution in [-0.2, 0) is 11.2 Å². The van der Waals surface area contributed by atoms with Crippen molar-refractivity contribution in [1.82, 2.24) is 0 Å². The van der Waals surface area contributed by atoms with Crippen molar-refractivity contribution in [1.29, 1.82) is 0 Å². The summed E-state index contributed by atoms with van der Waals surface area (Å²) in [6.07, 6.45) is -0.506. The van der Waals surface area contributed by atoms with Gasteiger partial charge in [-0.3, -0.25) is 10.1 Å². The summed E-state index contributed by atoms with van der Waals surface area (Å²) in [5.41, 5.74) is 1.02. The minimum absolute atomic E-state index is 0.0575. The van der Waals surface area contributed by atoms with Crippen LogP contribution in [0.3, 0.4) is 0 Å². The van der Waals surface area contributed by atoms with Crippen molar-refractivity contribution in [3.05, 3.63) is 45.1 Å². The molecule has 0 unspecified atom stereocenters. The maximum atomic E-state index is 12.4. The van der Waals surface area contributed by atoms with Crippen LogP contribution >= 0.6 is 22.9 Å². The molecule has 2 rings (SSSR count). The highest BCUT2D eigenvalue weighted by molar-refractivity contribution is 7.08. The van der Waals surface area contributed by atoms with Crippen LogP contribution in [0.15, 0.2) is 29.0 Å². The van der Waals surface area contributed by atoms with Crippen LogP contribution in [0.2, 0.25) is 5.02 Å². The highest BCUT2D eigenvalue weighted by Gasteiger charge is 2.20. The Balaban J connectivity index is 2.29. The molecule has 0 saturated carbocycles. The van der Waals surface area contributed by atoms with Crippen LogP contribution in [0.1, 0.15) is 36.7 Å². The lowest BCUT2D eigenvalue weighted by Gasteiger charge is -2.21. The number of methoxy groups -OCH3 is 1. The molecule has 5 nitrogen and oxygen atoms in total. The van der Waals surface area contributed by atoms with Crippen LogP contribution in [-0.4, -0.2) is 24.6 Å². The Morgan fingerprint density at radius 3 is 2.56 bits per heavy atom. The molecule has 7 heteroatoms. The summed E-state index contributed by atoms with van der Waals surface area (Å²) in [6.45, 7) is 5.32. The lowest BCUT2D eigenvalue weighted by atomic mass is 10.0. The largest absolute Gasteiger partial charge is 0.495 e. The van der Waals surface area contributed by atoms with E-state index in [1.165, 1.54) is 18.4 Å². The zero-order valence-corrected chi connectivity index (χ0v) is 16.1. The number of benzene rings is 1. The van der Waals surface area contributed by atoms with Crippen LogP contribution in [0, 0.1) is 0 Å². The number of amides is 1. The number of carbonyl (C=O) groups is 2. The second-order valence-corrected chi connectivity index (χ2v) is 7.57. The van der Waals surface area contributed by atoms with Gasteiger partial charge in [-0.05, 0) is 49.9 Å². The predicted octanol–water partition coefficient (Wildman–Crippen LogP) is 5.18. The third-order valence-electron chi connectivity index (χ3n) is 3.21. The number of carbonyl (C=O) groups excluding carboxylic acids is 2. The van der Waals surface area contributed by atoms with E-state index in [0.29, 0.717) is 27.6 Å². The Labute approximate surface area is 155 Å². The Bertz CT molecular complexity index is 766. The average molecular weight is 382 g/mol. The first-order chi connectivity index (χ1) is 11.7. The molecule has 25 heavy (non-hydrogen) atoms. The fraction of sp³-hybridized carbons (Fsp3) is 0.333. The molecule has 0 atom stereocenters. The van der Waals surface area contributed by atoms with Crippen molar-refractivity contribution in [2.24, 2.45) is 0 Å². The number of halogens is 1. The van der Waals surface area contributed by atoms with Crippen molar-refractivity contribution >= 4 is 40.5 Å². The van der Waals surface area contributed by atoms with Gasteiger partial charge in [-0.15, -0.1) is 0 Å². The number of ketones is 1. The molecule has 134 valence electrons. The monoisotopic (exact) mass is 381 g/mol. The Morgan fingerprint density at radius 1 is 1.28 bits per heavy atom. The van der Waals surface area contributed by atoms with Gasteiger partial charge < -0.3 is 9.47 Å². The lowest BCUT2D eigenvalue weighted by Crippen LogP contribution is -2.27. The maximum Gasteiger partial charge on any atom is 0.412 e. The fourth-order valence-corrected chi connectivity index (χ4v) is 3.03. The number of ether oxygens (including phenoxy) is 2. The van der Waals surface area contributed by atoms with E-state index in [-0.39, 0.29) is 12.2 Å². The van der Waals surface area contributed by atoms with Gasteiger partial charge in [-0.25, -0.2) is 4.79 Å². The zero-order valence-electron chi connectivity index (χ0n) is 14.5. The van der Waals surface area contributed by atoms with Crippen molar-refractivity contribution in [2.75, 3.05) is 12.4 Å². The molecular formula is C18H20ClNO4S. The Kier molecular flexibility index (Phi) is 6.08. The summed E-state index contributed by atoms with van der Waals surface area (Å²) in [6, 6.07) is 4.97. The predicted molar refractivity (Wildman–Crippen MR) is 100 cm³/mol. The average Bonchev–Trinajstić information content (AvgIpc) is 3.02. The summed E-state index contributed by atoms with van der Waals surface area (Å²) in [5, 5.41) is 6.62. The first kappa shape index (κ1) is 19.3. The highest BCUT2D eigenvalue weighted by atomic mass is 35.5. The highest BCUT2D eigenvalue weighted by Crippen LogP contribution is 2.32. The summed E-state index contributed by atoms with van der Waals surface area (Å²) in [7, 11) is 1.49. The Hall–Kier alpha value is -2.05. The molecule has 1 amide bonds. The number of hydrogen-bond donors (Lipinski definition) is 1. The molecule has 0 fully saturated rings. The molecule has 1 aromatic carbocycles. The van der Waals surface area contributed by atoms with Gasteiger partial charge in [0.05, 0.1) is 12.1 Å². The molecule has 0 radical (unpaired) electrons. The van der Waals surface area contributed by atoms with Crippen LogP contribution < -0.4 is 10.1 Å². The minimum Gasteiger partial charge on any atom is -0.495 e. The lowest BCUT2D eigenvalue weighted by molar-refractivity contribution is 0.0635. The summed E-state index contributed by atoms with van der Waals surface area (Å²) in [5.74, 6) is 0.377. The second kappa shape index (κ2) is 7.89. The maximum absolute atomic E-state index is 12.4. The number of thiophene rings is 1. The van der Waals surface area contributed by atoms with E-state index in [0.717, 1.165) is 0 Å². The standard InChI is InChI=1S/C18H20ClNO4S/c1-18(2,3)24-17(22)20-14-9-13(19)16(23-4)8-12(14)7-15(21)11-5-6-25-10-11/h5-6,8-10H,7H2,1-4H3,(H,20,22). The topological polar surface area (TPSA) is 64.6 Å². The summed E-state index contributed by atoms with van der Waals surface area (Å²) in [4.78, 5) is 24.5.